The highest BCUT2D eigenvalue weighted by Gasteiger charge is 2.15. The molecule has 0 fully saturated rings. The lowest BCUT2D eigenvalue weighted by Gasteiger charge is -2.07. The monoisotopic (exact) mass is 365 g/mol. The molecule has 7 nitrogen and oxygen atoms in total. The number of rotatable bonds is 4. The van der Waals surface area contributed by atoms with Crippen LogP contribution in [0.3, 0.4) is 0 Å². The number of nitrogens with one attached hydrogen (secondary N) is 1. The number of carbonyl (C=O) groups excluding carboxylic acids is 1. The largest absolute Gasteiger partial charge is 0.508 e. The fourth-order valence-corrected chi connectivity index (χ4v) is 2.46. The number of amides is 1. The van der Waals surface area contributed by atoms with E-state index in [-0.39, 0.29) is 23.1 Å². The number of hydrogen-bond donors (Lipinski definition) is 2. The molecule has 27 heavy (non-hydrogen) atoms. The first-order valence-corrected chi connectivity index (χ1v) is 7.88. The maximum atomic E-state index is 13.8. The van der Waals surface area contributed by atoms with Crippen molar-refractivity contribution < 1.29 is 23.1 Å². The second-order valence-electron chi connectivity index (χ2n) is 5.59. The first-order valence-electron chi connectivity index (χ1n) is 7.88. The van der Waals surface area contributed by atoms with Crippen LogP contribution in [0.25, 0.3) is 23.1 Å². The Bertz CT molecular complexity index is 1110. The molecule has 134 valence electrons. The summed E-state index contributed by atoms with van der Waals surface area (Å²) in [6.45, 7) is 0. The Balaban J connectivity index is 1.57. The Labute approximate surface area is 152 Å². The average Bonchev–Trinajstić information content (AvgIpc) is 3.33. The highest BCUT2D eigenvalue weighted by molar-refractivity contribution is 6.04. The molecule has 1 amide bonds. The van der Waals surface area contributed by atoms with Gasteiger partial charge in [-0.25, -0.2) is 4.39 Å². The van der Waals surface area contributed by atoms with Crippen LogP contribution in [0.15, 0.2) is 69.7 Å². The van der Waals surface area contributed by atoms with Gasteiger partial charge in [0.1, 0.15) is 11.6 Å². The third-order valence-corrected chi connectivity index (χ3v) is 3.72. The molecule has 2 heterocycles. The molecular weight excluding hydrogens is 353 g/mol. The van der Waals surface area contributed by atoms with E-state index in [9.17, 15) is 14.3 Å². The lowest BCUT2D eigenvalue weighted by molar-refractivity contribution is 0.102. The maximum Gasteiger partial charge on any atom is 0.283 e. The van der Waals surface area contributed by atoms with Gasteiger partial charge in [-0.3, -0.25) is 4.79 Å². The predicted molar refractivity (Wildman–Crippen MR) is 93.5 cm³/mol. The number of anilines is 1. The Hall–Kier alpha value is -3.94. The molecule has 0 radical (unpaired) electrons. The standard InChI is InChI=1S/C19H12FN3O4/c20-15-10-13(24)6-7-14(15)17(25)21-12-4-1-3-11(9-12)18-22-23-19(27-18)16-5-2-8-26-16/h1-10,24H,(H,21,25). The number of furan rings is 1. The summed E-state index contributed by atoms with van der Waals surface area (Å²) in [4.78, 5) is 12.3. The molecule has 0 aliphatic heterocycles. The fraction of sp³-hybridized carbons (Fsp3) is 0. The van der Waals surface area contributed by atoms with Crippen molar-refractivity contribution in [2.24, 2.45) is 0 Å². The van der Waals surface area contributed by atoms with Crippen LogP contribution in [-0.2, 0) is 0 Å². The summed E-state index contributed by atoms with van der Waals surface area (Å²) in [5, 5.41) is 19.7. The van der Waals surface area contributed by atoms with Crippen LogP contribution in [-0.4, -0.2) is 21.2 Å². The van der Waals surface area contributed by atoms with Crippen LogP contribution in [0.4, 0.5) is 10.1 Å². The number of aromatic nitrogens is 2. The van der Waals surface area contributed by atoms with Gasteiger partial charge >= 0.3 is 0 Å². The second kappa shape index (κ2) is 6.75. The summed E-state index contributed by atoms with van der Waals surface area (Å²) in [7, 11) is 0. The number of hydrogen-bond acceptors (Lipinski definition) is 6. The number of benzene rings is 2. The van der Waals surface area contributed by atoms with E-state index in [2.05, 4.69) is 15.5 Å². The third-order valence-electron chi connectivity index (χ3n) is 3.72. The highest BCUT2D eigenvalue weighted by atomic mass is 19.1. The molecule has 0 aliphatic carbocycles. The zero-order valence-corrected chi connectivity index (χ0v) is 13.7. The molecule has 2 aromatic heterocycles. The molecule has 8 heteroatoms. The Morgan fingerprint density at radius 2 is 1.89 bits per heavy atom. The van der Waals surface area contributed by atoms with Crippen molar-refractivity contribution in [2.75, 3.05) is 5.32 Å². The number of halogens is 1. The molecule has 2 aromatic carbocycles. The van der Waals surface area contributed by atoms with Gasteiger partial charge in [0.05, 0.1) is 11.8 Å². The van der Waals surface area contributed by atoms with Gasteiger partial charge in [0.25, 0.3) is 11.8 Å². The number of phenolic OH excluding ortho intramolecular Hbond substituents is 1. The van der Waals surface area contributed by atoms with E-state index in [1.54, 1.807) is 36.4 Å². The van der Waals surface area contributed by atoms with Gasteiger partial charge < -0.3 is 19.3 Å². The third kappa shape index (κ3) is 3.40. The quantitative estimate of drug-likeness (QED) is 0.565. The minimum absolute atomic E-state index is 0.184. The Morgan fingerprint density at radius 3 is 2.67 bits per heavy atom. The molecular formula is C19H12FN3O4. The highest BCUT2D eigenvalue weighted by Crippen LogP contribution is 2.26. The lowest BCUT2D eigenvalue weighted by atomic mass is 10.1. The van der Waals surface area contributed by atoms with Crippen LogP contribution in [0.2, 0.25) is 0 Å². The van der Waals surface area contributed by atoms with Gasteiger partial charge in [0.2, 0.25) is 5.89 Å². The number of carbonyl (C=O) groups is 1. The van der Waals surface area contributed by atoms with E-state index in [0.717, 1.165) is 6.07 Å². The molecule has 0 saturated heterocycles. The van der Waals surface area contributed by atoms with Gasteiger partial charge in [-0.15, -0.1) is 10.2 Å². The zero-order chi connectivity index (χ0) is 18.8. The predicted octanol–water partition coefficient (Wildman–Crippen LogP) is 4.09. The van der Waals surface area contributed by atoms with Crippen LogP contribution in [0.1, 0.15) is 10.4 Å². The smallest absolute Gasteiger partial charge is 0.283 e. The summed E-state index contributed by atoms with van der Waals surface area (Å²) in [6.07, 6.45) is 1.50. The fourth-order valence-electron chi connectivity index (χ4n) is 2.46. The van der Waals surface area contributed by atoms with Crippen molar-refractivity contribution in [3.05, 3.63) is 72.2 Å². The van der Waals surface area contributed by atoms with Gasteiger partial charge in [-0.2, -0.15) is 0 Å². The summed E-state index contributed by atoms with van der Waals surface area (Å²) in [6, 6.07) is 13.4. The molecule has 4 aromatic rings. The van der Waals surface area contributed by atoms with Crippen LogP contribution in [0.5, 0.6) is 5.75 Å². The molecule has 0 spiro atoms. The summed E-state index contributed by atoms with van der Waals surface area (Å²) < 4.78 is 24.6. The minimum atomic E-state index is -0.816. The van der Waals surface area contributed by atoms with E-state index in [1.807, 2.05) is 0 Å². The first-order chi connectivity index (χ1) is 13.1. The van der Waals surface area contributed by atoms with Gasteiger partial charge in [-0.05, 0) is 42.5 Å². The Morgan fingerprint density at radius 1 is 1.04 bits per heavy atom. The summed E-state index contributed by atoms with van der Waals surface area (Å²) in [5.74, 6) is -0.796. The van der Waals surface area contributed by atoms with Gasteiger partial charge in [0.15, 0.2) is 5.76 Å². The van der Waals surface area contributed by atoms with Crippen molar-refractivity contribution in [1.82, 2.24) is 10.2 Å². The first kappa shape index (κ1) is 16.5. The summed E-state index contributed by atoms with van der Waals surface area (Å²) in [5.41, 5.74) is 0.808. The van der Waals surface area contributed by atoms with Crippen LogP contribution in [0, 0.1) is 5.82 Å². The van der Waals surface area contributed by atoms with Crippen LogP contribution < -0.4 is 5.32 Å². The molecule has 0 unspecified atom stereocenters. The van der Waals surface area contributed by atoms with Crippen molar-refractivity contribution in [2.45, 2.75) is 0 Å². The minimum Gasteiger partial charge on any atom is -0.508 e. The number of nitrogens with zero attached hydrogens (tertiary/aromatic N) is 2. The van der Waals surface area contributed by atoms with E-state index in [1.165, 1.54) is 18.4 Å². The van der Waals surface area contributed by atoms with Crippen molar-refractivity contribution in [1.29, 1.82) is 0 Å². The molecule has 0 saturated carbocycles. The van der Waals surface area contributed by atoms with E-state index in [4.69, 9.17) is 8.83 Å². The lowest BCUT2D eigenvalue weighted by Crippen LogP contribution is -2.13. The van der Waals surface area contributed by atoms with Gasteiger partial charge in [0, 0.05) is 17.3 Å². The molecule has 0 atom stereocenters. The zero-order valence-electron chi connectivity index (χ0n) is 13.7. The van der Waals surface area contributed by atoms with Crippen molar-refractivity contribution in [3.63, 3.8) is 0 Å². The molecule has 2 N–H and O–H groups in total. The number of aromatic hydroxyl groups is 1. The maximum absolute atomic E-state index is 13.8. The SMILES string of the molecule is O=C(Nc1cccc(-c2nnc(-c3ccco3)o2)c1)c1ccc(O)cc1F. The summed E-state index contributed by atoms with van der Waals surface area (Å²) >= 11 is 0. The van der Waals surface area contributed by atoms with E-state index < -0.39 is 11.7 Å². The van der Waals surface area contributed by atoms with Crippen LogP contribution >= 0.6 is 0 Å². The Kier molecular flexibility index (Phi) is 4.13. The average molecular weight is 365 g/mol. The normalized spacial score (nSPS) is 10.7. The van der Waals surface area contributed by atoms with Gasteiger partial charge in [-0.1, -0.05) is 6.07 Å². The molecule has 4 rings (SSSR count). The molecule has 0 aliphatic rings. The van der Waals surface area contributed by atoms with E-state index in [0.29, 0.717) is 17.0 Å². The topological polar surface area (TPSA) is 101 Å². The molecule has 0 bridgehead atoms. The van der Waals surface area contributed by atoms with Crippen molar-refractivity contribution >= 4 is 11.6 Å². The van der Waals surface area contributed by atoms with Crippen molar-refractivity contribution in [3.8, 4) is 28.9 Å². The second-order valence-corrected chi connectivity index (χ2v) is 5.59. The number of phenols is 1. The van der Waals surface area contributed by atoms with E-state index >= 15 is 0 Å².